The van der Waals surface area contributed by atoms with E-state index in [1.165, 1.54) is 21.3 Å². The second-order valence-corrected chi connectivity index (χ2v) is 8.79. The maximum atomic E-state index is 12.6. The Morgan fingerprint density at radius 2 is 1.62 bits per heavy atom. The summed E-state index contributed by atoms with van der Waals surface area (Å²) >= 11 is 0. The Morgan fingerprint density at radius 3 is 2.16 bits per heavy atom. The molecule has 0 aliphatic heterocycles. The van der Waals surface area contributed by atoms with E-state index < -0.39 is 15.9 Å². The van der Waals surface area contributed by atoms with Crippen LogP contribution >= 0.6 is 0 Å². The molecule has 0 fully saturated rings. The maximum absolute atomic E-state index is 12.6. The van der Waals surface area contributed by atoms with Gasteiger partial charge in [0, 0.05) is 12.1 Å². The van der Waals surface area contributed by atoms with E-state index in [-0.39, 0.29) is 13.1 Å². The molecule has 2 rings (SSSR count). The standard InChI is InChI=1S/C22H30N2O7S/c1-6-13-31-18-10-8-17(9-11-18)24(32(5,26)27)15-20(25)23-14-16-7-12-19(28-2)22(30-4)21(16)29-3/h7-12H,6,13-15H2,1-5H3,(H,23,25). The molecule has 2 aromatic rings. The molecule has 0 bridgehead atoms. The van der Waals surface area contributed by atoms with Crippen LogP contribution in [-0.4, -0.2) is 55.1 Å². The number of sulfonamides is 1. The third kappa shape index (κ3) is 6.43. The predicted octanol–water partition coefficient (Wildman–Crippen LogP) is 2.58. The number of amides is 1. The molecule has 10 heteroatoms. The second-order valence-electron chi connectivity index (χ2n) is 6.88. The number of carbonyl (C=O) groups excluding carboxylic acids is 1. The molecule has 0 radical (unpaired) electrons. The Kier molecular flexibility index (Phi) is 9.01. The predicted molar refractivity (Wildman–Crippen MR) is 122 cm³/mol. The number of anilines is 1. The van der Waals surface area contributed by atoms with Crippen LogP contribution < -0.4 is 28.6 Å². The van der Waals surface area contributed by atoms with E-state index in [1.807, 2.05) is 6.92 Å². The lowest BCUT2D eigenvalue weighted by Crippen LogP contribution is -2.40. The summed E-state index contributed by atoms with van der Waals surface area (Å²) in [6, 6.07) is 10.0. The molecule has 0 spiro atoms. The van der Waals surface area contributed by atoms with Crippen molar-refractivity contribution < 1.29 is 32.2 Å². The van der Waals surface area contributed by atoms with E-state index in [1.54, 1.807) is 36.4 Å². The minimum absolute atomic E-state index is 0.115. The van der Waals surface area contributed by atoms with Crippen LogP contribution in [0.15, 0.2) is 36.4 Å². The lowest BCUT2D eigenvalue weighted by atomic mass is 10.1. The topological polar surface area (TPSA) is 103 Å². The van der Waals surface area contributed by atoms with Gasteiger partial charge >= 0.3 is 0 Å². The molecule has 0 heterocycles. The average Bonchev–Trinajstić information content (AvgIpc) is 2.78. The van der Waals surface area contributed by atoms with E-state index in [0.29, 0.717) is 40.9 Å². The number of nitrogens with zero attached hydrogens (tertiary/aromatic N) is 1. The number of ether oxygens (including phenoxy) is 4. The molecule has 32 heavy (non-hydrogen) atoms. The number of hydrogen-bond acceptors (Lipinski definition) is 7. The molecule has 0 aliphatic rings. The van der Waals surface area contributed by atoms with Crippen molar-refractivity contribution in [1.82, 2.24) is 5.32 Å². The van der Waals surface area contributed by atoms with E-state index in [0.717, 1.165) is 17.0 Å². The Balaban J connectivity index is 2.14. The Morgan fingerprint density at radius 1 is 0.969 bits per heavy atom. The van der Waals surface area contributed by atoms with Gasteiger partial charge in [-0.25, -0.2) is 8.42 Å². The normalized spacial score (nSPS) is 10.9. The molecule has 0 atom stereocenters. The largest absolute Gasteiger partial charge is 0.494 e. The van der Waals surface area contributed by atoms with Gasteiger partial charge in [0.2, 0.25) is 21.7 Å². The van der Waals surface area contributed by atoms with Gasteiger partial charge in [0.05, 0.1) is 39.9 Å². The smallest absolute Gasteiger partial charge is 0.241 e. The first-order valence-electron chi connectivity index (χ1n) is 10.00. The lowest BCUT2D eigenvalue weighted by molar-refractivity contribution is -0.119. The molecule has 0 aromatic heterocycles. The van der Waals surface area contributed by atoms with Gasteiger partial charge in [-0.3, -0.25) is 9.10 Å². The molecule has 0 aliphatic carbocycles. The van der Waals surface area contributed by atoms with Crippen molar-refractivity contribution in [1.29, 1.82) is 0 Å². The van der Waals surface area contributed by atoms with E-state index in [2.05, 4.69) is 5.32 Å². The number of methoxy groups -OCH3 is 3. The summed E-state index contributed by atoms with van der Waals surface area (Å²) in [4.78, 5) is 12.6. The minimum atomic E-state index is -3.69. The van der Waals surface area contributed by atoms with Crippen LogP contribution in [0, 0.1) is 0 Å². The number of hydrogen-bond donors (Lipinski definition) is 1. The Bertz CT molecular complexity index is 1010. The highest BCUT2D eigenvalue weighted by Crippen LogP contribution is 2.39. The van der Waals surface area contributed by atoms with Crippen molar-refractivity contribution >= 4 is 21.6 Å². The highest BCUT2D eigenvalue weighted by molar-refractivity contribution is 7.92. The number of carbonyl (C=O) groups is 1. The average molecular weight is 467 g/mol. The van der Waals surface area contributed by atoms with Crippen molar-refractivity contribution in [2.75, 3.05) is 45.0 Å². The first-order chi connectivity index (χ1) is 15.2. The number of nitrogens with one attached hydrogen (secondary N) is 1. The summed E-state index contributed by atoms with van der Waals surface area (Å²) in [5.41, 5.74) is 1.03. The quantitative estimate of drug-likeness (QED) is 0.513. The highest BCUT2D eigenvalue weighted by Gasteiger charge is 2.22. The van der Waals surface area contributed by atoms with Crippen LogP contribution in [0.4, 0.5) is 5.69 Å². The van der Waals surface area contributed by atoms with Crippen LogP contribution in [0.2, 0.25) is 0 Å². The summed E-state index contributed by atoms with van der Waals surface area (Å²) in [7, 11) is 0.806. The number of benzene rings is 2. The van der Waals surface area contributed by atoms with Crippen LogP contribution in [0.25, 0.3) is 0 Å². The monoisotopic (exact) mass is 466 g/mol. The summed E-state index contributed by atoms with van der Waals surface area (Å²) in [6.07, 6.45) is 1.92. The first-order valence-corrected chi connectivity index (χ1v) is 11.8. The third-order valence-corrected chi connectivity index (χ3v) is 5.69. The van der Waals surface area contributed by atoms with Crippen LogP contribution in [0.1, 0.15) is 18.9 Å². The molecule has 0 unspecified atom stereocenters. The van der Waals surface area contributed by atoms with Gasteiger partial charge < -0.3 is 24.3 Å². The zero-order chi connectivity index (χ0) is 23.7. The Labute approximate surface area is 189 Å². The maximum Gasteiger partial charge on any atom is 0.241 e. The first kappa shape index (κ1) is 25.1. The number of rotatable bonds is 12. The highest BCUT2D eigenvalue weighted by atomic mass is 32.2. The SMILES string of the molecule is CCCOc1ccc(N(CC(=O)NCc2ccc(OC)c(OC)c2OC)S(C)(=O)=O)cc1. The van der Waals surface area contributed by atoms with Gasteiger partial charge in [0.15, 0.2) is 11.5 Å². The zero-order valence-electron chi connectivity index (χ0n) is 19.0. The van der Waals surface area contributed by atoms with Crippen molar-refractivity contribution in [2.24, 2.45) is 0 Å². The van der Waals surface area contributed by atoms with Gasteiger partial charge in [-0.15, -0.1) is 0 Å². The zero-order valence-corrected chi connectivity index (χ0v) is 19.8. The van der Waals surface area contributed by atoms with Gasteiger partial charge in [-0.05, 0) is 42.8 Å². The molecule has 9 nitrogen and oxygen atoms in total. The fourth-order valence-corrected chi connectivity index (χ4v) is 3.87. The van der Waals surface area contributed by atoms with E-state index >= 15 is 0 Å². The fourth-order valence-electron chi connectivity index (χ4n) is 3.01. The summed E-state index contributed by atoms with van der Waals surface area (Å²) in [5.74, 6) is 1.49. The van der Waals surface area contributed by atoms with Crippen molar-refractivity contribution in [3.63, 3.8) is 0 Å². The van der Waals surface area contributed by atoms with Crippen LogP contribution in [0.5, 0.6) is 23.0 Å². The van der Waals surface area contributed by atoms with Gasteiger partial charge in [0.25, 0.3) is 0 Å². The van der Waals surface area contributed by atoms with Crippen LogP contribution in [0.3, 0.4) is 0 Å². The lowest BCUT2D eigenvalue weighted by Gasteiger charge is -2.22. The van der Waals surface area contributed by atoms with Gasteiger partial charge in [-0.2, -0.15) is 0 Å². The summed E-state index contributed by atoms with van der Waals surface area (Å²) in [5, 5.41) is 2.73. The molecule has 176 valence electrons. The summed E-state index contributed by atoms with van der Waals surface area (Å²) < 4.78 is 47.2. The molecular formula is C22H30N2O7S. The minimum Gasteiger partial charge on any atom is -0.494 e. The molecular weight excluding hydrogens is 436 g/mol. The molecule has 0 saturated heterocycles. The molecule has 2 aromatic carbocycles. The van der Waals surface area contributed by atoms with E-state index in [9.17, 15) is 13.2 Å². The van der Waals surface area contributed by atoms with Crippen LogP contribution in [-0.2, 0) is 21.4 Å². The van der Waals surface area contributed by atoms with Crippen molar-refractivity contribution in [3.8, 4) is 23.0 Å². The second kappa shape index (κ2) is 11.5. The fraction of sp³-hybridized carbons (Fsp3) is 0.409. The Hall–Kier alpha value is -3.14. The van der Waals surface area contributed by atoms with Gasteiger partial charge in [0.1, 0.15) is 12.3 Å². The van der Waals surface area contributed by atoms with Gasteiger partial charge in [-0.1, -0.05) is 6.92 Å². The third-order valence-electron chi connectivity index (χ3n) is 4.55. The van der Waals surface area contributed by atoms with E-state index in [4.69, 9.17) is 18.9 Å². The molecule has 1 N–H and O–H groups in total. The molecule has 1 amide bonds. The van der Waals surface area contributed by atoms with Crippen molar-refractivity contribution in [2.45, 2.75) is 19.9 Å². The van der Waals surface area contributed by atoms with Crippen molar-refractivity contribution in [3.05, 3.63) is 42.0 Å². The summed E-state index contributed by atoms with van der Waals surface area (Å²) in [6.45, 7) is 2.31. The molecule has 0 saturated carbocycles.